The van der Waals surface area contributed by atoms with Gasteiger partial charge in [0.05, 0.1) is 6.10 Å². The van der Waals surface area contributed by atoms with Crippen molar-refractivity contribution in [3.8, 4) is 0 Å². The first-order valence-corrected chi connectivity index (χ1v) is 10.7. The van der Waals surface area contributed by atoms with Crippen LogP contribution in [0.4, 0.5) is 0 Å². The van der Waals surface area contributed by atoms with Gasteiger partial charge in [-0.2, -0.15) is 0 Å². The van der Waals surface area contributed by atoms with Crippen molar-refractivity contribution >= 4 is 5.78 Å². The largest absolute Gasteiger partial charge is 0.393 e. The highest BCUT2D eigenvalue weighted by Gasteiger charge is 2.77. The summed E-state index contributed by atoms with van der Waals surface area (Å²) >= 11 is 0. The van der Waals surface area contributed by atoms with E-state index in [4.69, 9.17) is 0 Å². The molecule has 0 aliphatic heterocycles. The summed E-state index contributed by atoms with van der Waals surface area (Å²) in [6.45, 7) is 4.27. The molecule has 1 N–H and O–H groups in total. The van der Waals surface area contributed by atoms with E-state index in [0.29, 0.717) is 11.2 Å². The Morgan fingerprint density at radius 1 is 1.04 bits per heavy atom. The Labute approximate surface area is 146 Å². The number of fused-ring (bicyclic) bond motifs is 7. The number of Topliss-reactive ketones (excluding diaryl/α,β-unsaturated/α-hetero) is 1. The number of aliphatic hydroxyl groups excluding tert-OH is 1. The molecule has 0 bridgehead atoms. The molecule has 2 nitrogen and oxygen atoms in total. The molecule has 0 spiro atoms. The molecule has 24 heavy (non-hydrogen) atoms. The molecule has 5 aliphatic rings. The molecule has 5 fully saturated rings. The van der Waals surface area contributed by atoms with Crippen LogP contribution in [0, 0.1) is 46.3 Å². The highest BCUT2D eigenvalue weighted by Crippen LogP contribution is 2.81. The summed E-state index contributed by atoms with van der Waals surface area (Å²) in [5.41, 5.74) is 0.447. The van der Waals surface area contributed by atoms with Crippen LogP contribution in [0.15, 0.2) is 0 Å². The fourth-order valence-corrected chi connectivity index (χ4v) is 9.06. The normalized spacial score (nSPS) is 58.2. The molecule has 0 aromatic rings. The topological polar surface area (TPSA) is 37.3 Å². The summed E-state index contributed by atoms with van der Waals surface area (Å²) < 4.78 is 0. The molecule has 9 atom stereocenters. The van der Waals surface area contributed by atoms with Crippen LogP contribution in [0.25, 0.3) is 0 Å². The first kappa shape index (κ1) is 15.9. The highest BCUT2D eigenvalue weighted by atomic mass is 16.3. The third kappa shape index (κ3) is 1.75. The SMILES string of the molecule is CC[C@]12CC[C@H]3[C@@H](CC[C@H]4C[C@@H](O)CC[C@@H]43)[C@@H]1CC1C[C@]12C(C)=O. The Bertz CT molecular complexity index is 556. The maximum atomic E-state index is 12.6. The number of rotatable bonds is 2. The first-order valence-electron chi connectivity index (χ1n) is 10.7. The molecule has 0 saturated heterocycles. The van der Waals surface area contributed by atoms with Gasteiger partial charge in [-0.3, -0.25) is 4.79 Å². The van der Waals surface area contributed by atoms with Crippen molar-refractivity contribution in [1.29, 1.82) is 0 Å². The van der Waals surface area contributed by atoms with Crippen LogP contribution in [0.5, 0.6) is 0 Å². The quantitative estimate of drug-likeness (QED) is 0.803. The fourth-order valence-electron chi connectivity index (χ4n) is 9.06. The van der Waals surface area contributed by atoms with E-state index in [9.17, 15) is 9.90 Å². The van der Waals surface area contributed by atoms with E-state index < -0.39 is 0 Å². The van der Waals surface area contributed by atoms with E-state index in [2.05, 4.69) is 6.92 Å². The predicted octanol–water partition coefficient (Wildman–Crippen LogP) is 4.60. The molecule has 2 heteroatoms. The average molecular weight is 331 g/mol. The minimum Gasteiger partial charge on any atom is -0.393 e. The second-order valence-corrected chi connectivity index (χ2v) is 10.1. The lowest BCUT2D eigenvalue weighted by Gasteiger charge is -2.58. The number of carbonyl (C=O) groups excluding carboxylic acids is 1. The van der Waals surface area contributed by atoms with Gasteiger partial charge in [0, 0.05) is 5.41 Å². The van der Waals surface area contributed by atoms with Crippen LogP contribution in [0.2, 0.25) is 0 Å². The van der Waals surface area contributed by atoms with Gasteiger partial charge in [0.15, 0.2) is 0 Å². The van der Waals surface area contributed by atoms with Crippen LogP contribution in [0.3, 0.4) is 0 Å². The van der Waals surface area contributed by atoms with Crippen molar-refractivity contribution in [1.82, 2.24) is 0 Å². The Kier molecular flexibility index (Phi) is 3.36. The van der Waals surface area contributed by atoms with Crippen LogP contribution >= 0.6 is 0 Å². The van der Waals surface area contributed by atoms with Gasteiger partial charge in [0.2, 0.25) is 0 Å². The fraction of sp³-hybridized carbons (Fsp3) is 0.955. The molecule has 1 unspecified atom stereocenters. The maximum Gasteiger partial charge on any atom is 0.136 e. The van der Waals surface area contributed by atoms with Crippen molar-refractivity contribution in [2.45, 2.75) is 84.2 Å². The van der Waals surface area contributed by atoms with Crippen molar-refractivity contribution in [2.75, 3.05) is 0 Å². The van der Waals surface area contributed by atoms with Gasteiger partial charge in [0.1, 0.15) is 5.78 Å². The summed E-state index contributed by atoms with van der Waals surface area (Å²) in [6, 6.07) is 0. The number of aliphatic hydroxyl groups is 1. The molecule has 5 rings (SSSR count). The molecular weight excluding hydrogens is 296 g/mol. The molecule has 0 amide bonds. The highest BCUT2D eigenvalue weighted by molar-refractivity contribution is 5.87. The molecule has 5 saturated carbocycles. The average Bonchev–Trinajstić information content (AvgIpc) is 3.24. The number of hydrogen-bond acceptors (Lipinski definition) is 2. The second kappa shape index (κ2) is 5.09. The summed E-state index contributed by atoms with van der Waals surface area (Å²) in [4.78, 5) is 12.6. The van der Waals surface area contributed by atoms with Gasteiger partial charge < -0.3 is 5.11 Å². The van der Waals surface area contributed by atoms with Crippen molar-refractivity contribution < 1.29 is 9.90 Å². The first-order chi connectivity index (χ1) is 11.5. The van der Waals surface area contributed by atoms with E-state index in [0.717, 1.165) is 48.3 Å². The maximum absolute atomic E-state index is 12.6. The molecule has 134 valence electrons. The number of ketones is 1. The Morgan fingerprint density at radius 2 is 1.83 bits per heavy atom. The van der Waals surface area contributed by atoms with Gasteiger partial charge in [-0.05, 0) is 112 Å². The Balaban J connectivity index is 1.45. The van der Waals surface area contributed by atoms with Gasteiger partial charge >= 0.3 is 0 Å². The lowest BCUT2D eigenvalue weighted by molar-refractivity contribution is -0.137. The summed E-state index contributed by atoms with van der Waals surface area (Å²) in [5.74, 6) is 5.54. The minimum atomic E-state index is -0.0266. The van der Waals surface area contributed by atoms with Crippen LogP contribution in [0.1, 0.15) is 78.1 Å². The lowest BCUT2D eigenvalue weighted by Crippen LogP contribution is -2.52. The van der Waals surface area contributed by atoms with Gasteiger partial charge in [0.25, 0.3) is 0 Å². The summed E-state index contributed by atoms with van der Waals surface area (Å²) in [5, 5.41) is 10.1. The molecule has 0 radical (unpaired) electrons. The van der Waals surface area contributed by atoms with Gasteiger partial charge in [-0.1, -0.05) is 6.92 Å². The molecule has 0 aromatic heterocycles. The molecule has 5 aliphatic carbocycles. The number of hydrogen-bond donors (Lipinski definition) is 1. The van der Waals surface area contributed by atoms with E-state index in [1.165, 1.54) is 51.4 Å². The Morgan fingerprint density at radius 3 is 2.58 bits per heavy atom. The molecule has 0 heterocycles. The summed E-state index contributed by atoms with van der Waals surface area (Å²) in [6.07, 6.45) is 12.5. The summed E-state index contributed by atoms with van der Waals surface area (Å²) in [7, 11) is 0. The van der Waals surface area contributed by atoms with Gasteiger partial charge in [-0.15, -0.1) is 0 Å². The van der Waals surface area contributed by atoms with Crippen LogP contribution in [-0.4, -0.2) is 17.0 Å². The third-order valence-corrected chi connectivity index (χ3v) is 9.93. The van der Waals surface area contributed by atoms with E-state index in [1.54, 1.807) is 0 Å². The minimum absolute atomic E-state index is 0.0266. The Hall–Kier alpha value is -0.370. The number of carbonyl (C=O) groups is 1. The standard InChI is InChI=1S/C22H34O2/c1-3-21-9-8-18-17-7-5-16(24)10-14(17)4-6-19(18)20(21)11-15-12-22(15,21)13(2)23/h14-20,24H,3-12H2,1-2H3/t14-,15?,16-,17-,18+,19+,20-,21-,22-/m0/s1. The lowest BCUT2D eigenvalue weighted by atomic mass is 9.47. The zero-order valence-corrected chi connectivity index (χ0v) is 15.5. The third-order valence-electron chi connectivity index (χ3n) is 9.93. The van der Waals surface area contributed by atoms with Gasteiger partial charge in [-0.25, -0.2) is 0 Å². The van der Waals surface area contributed by atoms with E-state index in [-0.39, 0.29) is 11.5 Å². The van der Waals surface area contributed by atoms with Crippen molar-refractivity contribution in [3.05, 3.63) is 0 Å². The zero-order chi connectivity index (χ0) is 16.7. The van der Waals surface area contributed by atoms with Crippen LogP contribution < -0.4 is 0 Å². The second-order valence-electron chi connectivity index (χ2n) is 10.1. The predicted molar refractivity (Wildman–Crippen MR) is 94.3 cm³/mol. The van der Waals surface area contributed by atoms with Crippen molar-refractivity contribution in [3.63, 3.8) is 0 Å². The van der Waals surface area contributed by atoms with E-state index >= 15 is 0 Å². The van der Waals surface area contributed by atoms with E-state index in [1.807, 2.05) is 6.92 Å². The smallest absolute Gasteiger partial charge is 0.136 e. The molecule has 0 aromatic carbocycles. The monoisotopic (exact) mass is 330 g/mol. The van der Waals surface area contributed by atoms with Crippen molar-refractivity contribution in [2.24, 2.45) is 46.3 Å². The molecular formula is C22H34O2. The van der Waals surface area contributed by atoms with Crippen LogP contribution in [-0.2, 0) is 4.79 Å². The zero-order valence-electron chi connectivity index (χ0n) is 15.5.